The van der Waals surface area contributed by atoms with E-state index in [0.29, 0.717) is 0 Å². The lowest BCUT2D eigenvalue weighted by atomic mass is 10.2. The molecule has 2 aliphatic rings. The van der Waals surface area contributed by atoms with E-state index in [1.807, 2.05) is 0 Å². The Morgan fingerprint density at radius 3 is 1.88 bits per heavy atom. The topological polar surface area (TPSA) is 117 Å². The Morgan fingerprint density at radius 1 is 1.12 bits per heavy atom. The van der Waals surface area contributed by atoms with E-state index < -0.39 is 38.0 Å². The van der Waals surface area contributed by atoms with Crippen LogP contribution in [0.5, 0.6) is 0 Å². The van der Waals surface area contributed by atoms with Crippen molar-refractivity contribution in [1.82, 2.24) is 10.2 Å². The van der Waals surface area contributed by atoms with Crippen molar-refractivity contribution in [2.75, 3.05) is 13.2 Å². The normalized spacial score (nSPS) is 41.5. The van der Waals surface area contributed by atoms with Crippen molar-refractivity contribution in [3.63, 3.8) is 0 Å². The van der Waals surface area contributed by atoms with Crippen LogP contribution >= 0.6 is 8.02 Å². The second-order valence-electron chi connectivity index (χ2n) is 3.93. The Bertz CT molecular complexity index is 319. The van der Waals surface area contributed by atoms with E-state index in [9.17, 15) is 9.59 Å². The number of aliphatic hydroxyl groups excluding tert-OH is 2. The van der Waals surface area contributed by atoms with Crippen molar-refractivity contribution in [3.05, 3.63) is 0 Å². The lowest BCUT2D eigenvalue weighted by molar-refractivity contribution is -0.156. The maximum Gasteiger partial charge on any atom is 0.527 e. The average molecular weight is 265 g/mol. The quantitative estimate of drug-likeness (QED) is 0.345. The lowest BCUT2D eigenvalue weighted by Gasteiger charge is -2.23. The fourth-order valence-electron chi connectivity index (χ4n) is 1.62. The number of carbonyl (C=O) groups is 2. The molecule has 2 fully saturated rings. The molecule has 2 rings (SSSR count). The van der Waals surface area contributed by atoms with Crippen LogP contribution in [0, 0.1) is 5.92 Å². The highest BCUT2D eigenvalue weighted by atomic mass is 31.2. The van der Waals surface area contributed by atoms with Crippen molar-refractivity contribution in [1.29, 1.82) is 0 Å². The summed E-state index contributed by atoms with van der Waals surface area (Å²) in [5.41, 5.74) is 0. The highest BCUT2D eigenvalue weighted by Gasteiger charge is 2.64. The van der Waals surface area contributed by atoms with Crippen LogP contribution < -0.4 is 10.2 Å². The van der Waals surface area contributed by atoms with Gasteiger partial charge in [0, 0.05) is 0 Å². The predicted octanol–water partition coefficient (Wildman–Crippen LogP) is -1.69. The first-order chi connectivity index (χ1) is 8.01. The van der Waals surface area contributed by atoms with Crippen LogP contribution in [0.2, 0.25) is 0 Å². The number of carbonyl (C=O) groups excluding carboxylic acids is 2. The van der Waals surface area contributed by atoms with Crippen molar-refractivity contribution in [2.45, 2.75) is 19.0 Å². The molecule has 1 spiro atoms. The van der Waals surface area contributed by atoms with Gasteiger partial charge in [-0.25, -0.2) is 18.6 Å². The predicted molar refractivity (Wildman–Crippen MR) is 56.3 cm³/mol. The van der Waals surface area contributed by atoms with Gasteiger partial charge in [0.05, 0.1) is 25.3 Å². The Morgan fingerprint density at radius 2 is 1.53 bits per heavy atom. The monoisotopic (exact) mass is 265 g/mol. The van der Waals surface area contributed by atoms with Crippen molar-refractivity contribution in [2.24, 2.45) is 5.92 Å². The van der Waals surface area contributed by atoms with Gasteiger partial charge in [0.25, 0.3) is 0 Å². The zero-order chi connectivity index (χ0) is 12.6. The van der Waals surface area contributed by atoms with E-state index in [0.717, 1.165) is 0 Å². The zero-order valence-electron chi connectivity index (χ0n) is 9.12. The fraction of sp³-hybridized carbons (Fsp3) is 0.750. The highest BCUT2D eigenvalue weighted by Crippen LogP contribution is 2.60. The van der Waals surface area contributed by atoms with Crippen LogP contribution in [0.4, 0.5) is 0 Å². The standard InChI is InChI=1S/C8H14N2O6P/c1-4-7(13)15-17(16-8(4)14)9-5(2-11)6(3-12)10-17/h4-6,9-12H,2-3H2,1H3/q+1. The SMILES string of the molecule is CC1C(=O)O[P+]2(NC(CO)C(CO)N2)OC1=O. The Labute approximate surface area is 97.9 Å². The van der Waals surface area contributed by atoms with Crippen LogP contribution in [-0.2, 0) is 18.6 Å². The third-order valence-corrected chi connectivity index (χ3v) is 4.91. The van der Waals surface area contributed by atoms with Gasteiger partial charge in [-0.2, -0.15) is 0 Å². The van der Waals surface area contributed by atoms with E-state index in [4.69, 9.17) is 19.3 Å². The van der Waals surface area contributed by atoms with E-state index >= 15 is 0 Å². The van der Waals surface area contributed by atoms with E-state index in [2.05, 4.69) is 10.2 Å². The first-order valence-electron chi connectivity index (χ1n) is 5.14. The minimum atomic E-state index is -3.05. The molecule has 0 radical (unpaired) electrons. The molecule has 2 aliphatic heterocycles. The molecule has 0 saturated carbocycles. The highest BCUT2D eigenvalue weighted by molar-refractivity contribution is 7.64. The molecule has 2 heterocycles. The third-order valence-electron chi connectivity index (χ3n) is 2.69. The summed E-state index contributed by atoms with van der Waals surface area (Å²) < 4.78 is 10.1. The van der Waals surface area contributed by atoms with Crippen molar-refractivity contribution >= 4 is 20.0 Å². The van der Waals surface area contributed by atoms with Gasteiger partial charge in [0.15, 0.2) is 5.92 Å². The maximum atomic E-state index is 11.5. The molecule has 2 saturated heterocycles. The van der Waals surface area contributed by atoms with Crippen molar-refractivity contribution in [3.8, 4) is 0 Å². The van der Waals surface area contributed by atoms with Crippen LogP contribution in [0.3, 0.4) is 0 Å². The van der Waals surface area contributed by atoms with Gasteiger partial charge in [-0.05, 0) is 6.92 Å². The number of hydrogen-bond donors (Lipinski definition) is 4. The van der Waals surface area contributed by atoms with E-state index in [-0.39, 0.29) is 13.2 Å². The number of nitrogens with one attached hydrogen (secondary N) is 2. The van der Waals surface area contributed by atoms with Gasteiger partial charge in [-0.15, -0.1) is 10.2 Å². The number of hydrogen-bond acceptors (Lipinski definition) is 8. The summed E-state index contributed by atoms with van der Waals surface area (Å²) in [7, 11) is -3.05. The summed E-state index contributed by atoms with van der Waals surface area (Å²) in [5, 5.41) is 23.7. The minimum absolute atomic E-state index is 0.273. The molecule has 0 aromatic carbocycles. The molecule has 0 aromatic heterocycles. The molecule has 17 heavy (non-hydrogen) atoms. The lowest BCUT2D eigenvalue weighted by Crippen LogP contribution is -2.39. The van der Waals surface area contributed by atoms with Crippen LogP contribution in [0.1, 0.15) is 6.92 Å². The Hall–Kier alpha value is -0.790. The summed E-state index contributed by atoms with van der Waals surface area (Å²) in [4.78, 5) is 22.9. The average Bonchev–Trinajstić information content (AvgIpc) is 2.64. The van der Waals surface area contributed by atoms with Gasteiger partial charge in [0.2, 0.25) is 0 Å². The molecular formula is C8H14N2O6P+. The zero-order valence-corrected chi connectivity index (χ0v) is 10.0. The molecule has 0 amide bonds. The van der Waals surface area contributed by atoms with Gasteiger partial charge in [-0.3, -0.25) is 0 Å². The number of rotatable bonds is 2. The van der Waals surface area contributed by atoms with Crippen LogP contribution in [0.25, 0.3) is 0 Å². The van der Waals surface area contributed by atoms with Crippen molar-refractivity contribution < 1.29 is 28.8 Å². The molecule has 2 atom stereocenters. The maximum absolute atomic E-state index is 11.5. The minimum Gasteiger partial charge on any atom is -0.395 e. The van der Waals surface area contributed by atoms with E-state index in [1.54, 1.807) is 0 Å². The molecule has 2 unspecified atom stereocenters. The molecule has 0 aromatic rings. The smallest absolute Gasteiger partial charge is 0.395 e. The second kappa shape index (κ2) is 4.47. The molecular weight excluding hydrogens is 251 g/mol. The molecule has 8 nitrogen and oxygen atoms in total. The largest absolute Gasteiger partial charge is 0.527 e. The summed E-state index contributed by atoms with van der Waals surface area (Å²) >= 11 is 0. The Kier molecular flexibility index (Phi) is 3.33. The van der Waals surface area contributed by atoms with Crippen LogP contribution in [-0.4, -0.2) is 47.4 Å². The summed E-state index contributed by atoms with van der Waals surface area (Å²) in [6, 6.07) is -1.05. The molecule has 9 heteroatoms. The molecule has 4 N–H and O–H groups in total. The van der Waals surface area contributed by atoms with Gasteiger partial charge < -0.3 is 10.2 Å². The van der Waals surface area contributed by atoms with Gasteiger partial charge in [-0.1, -0.05) is 0 Å². The Balaban J connectivity index is 2.16. The third kappa shape index (κ3) is 2.14. The van der Waals surface area contributed by atoms with Gasteiger partial charge >= 0.3 is 20.0 Å². The number of aliphatic hydroxyl groups is 2. The van der Waals surface area contributed by atoms with Gasteiger partial charge in [0.1, 0.15) is 0 Å². The second-order valence-corrected chi connectivity index (χ2v) is 5.91. The van der Waals surface area contributed by atoms with Crippen LogP contribution in [0.15, 0.2) is 0 Å². The fourth-order valence-corrected chi connectivity index (χ4v) is 4.16. The molecule has 0 aliphatic carbocycles. The molecule has 96 valence electrons. The molecule has 0 bridgehead atoms. The summed E-state index contributed by atoms with van der Waals surface area (Å²) in [6.45, 7) is 0.846. The first-order valence-corrected chi connectivity index (χ1v) is 6.77. The summed E-state index contributed by atoms with van der Waals surface area (Å²) in [5.74, 6) is -2.31. The summed E-state index contributed by atoms with van der Waals surface area (Å²) in [6.07, 6.45) is 0. The first kappa shape index (κ1) is 12.7. The van der Waals surface area contributed by atoms with E-state index in [1.165, 1.54) is 6.92 Å².